The van der Waals surface area contributed by atoms with Crippen LogP contribution in [-0.4, -0.2) is 11.3 Å². The molecule has 9 heteroatoms. The topological polar surface area (TPSA) is 45.9 Å². The lowest BCUT2D eigenvalue weighted by Gasteiger charge is -2.12. The fraction of sp³-hybridized carbons (Fsp3) is 0.333. The molecule has 18 heavy (non-hydrogen) atoms. The van der Waals surface area contributed by atoms with Gasteiger partial charge in [0.2, 0.25) is 0 Å². The fourth-order valence-electron chi connectivity index (χ4n) is 1.09. The van der Waals surface area contributed by atoms with E-state index in [1.807, 2.05) is 0 Å². The molecule has 0 radical (unpaired) electrons. The van der Waals surface area contributed by atoms with Crippen LogP contribution in [0.3, 0.4) is 0 Å². The highest BCUT2D eigenvalue weighted by Crippen LogP contribution is 2.31. The summed E-state index contributed by atoms with van der Waals surface area (Å²) in [4.78, 5) is 3.02. The summed E-state index contributed by atoms with van der Waals surface area (Å²) >= 11 is 0. The van der Waals surface area contributed by atoms with Gasteiger partial charge in [-0.2, -0.15) is 5.26 Å². The van der Waals surface area contributed by atoms with E-state index in [9.17, 15) is 26.3 Å². The molecule has 0 N–H and O–H groups in total. The van der Waals surface area contributed by atoms with Crippen LogP contribution in [0.4, 0.5) is 26.3 Å². The van der Waals surface area contributed by atoms with Gasteiger partial charge in [-0.25, -0.2) is 18.2 Å². The van der Waals surface area contributed by atoms with Crippen molar-refractivity contribution < 1.29 is 31.1 Å². The van der Waals surface area contributed by atoms with Gasteiger partial charge in [-0.15, -0.1) is 13.2 Å². The van der Waals surface area contributed by atoms with Gasteiger partial charge in [-0.05, 0) is 6.07 Å². The largest absolute Gasteiger partial charge is 0.574 e. The first-order valence-electron chi connectivity index (χ1n) is 4.34. The summed E-state index contributed by atoms with van der Waals surface area (Å²) in [6.45, 7) is 0. The van der Waals surface area contributed by atoms with Gasteiger partial charge < -0.3 is 4.74 Å². The van der Waals surface area contributed by atoms with E-state index in [0.717, 1.165) is 0 Å². The lowest BCUT2D eigenvalue weighted by atomic mass is 10.2. The van der Waals surface area contributed by atoms with Crippen LogP contribution in [0.5, 0.6) is 5.88 Å². The quantitative estimate of drug-likeness (QED) is 0.793. The Kier molecular flexibility index (Phi) is 4.00. The number of rotatable bonds is 3. The van der Waals surface area contributed by atoms with Gasteiger partial charge in [0.05, 0.1) is 23.7 Å². The Morgan fingerprint density at radius 1 is 1.39 bits per heavy atom. The summed E-state index contributed by atoms with van der Waals surface area (Å²) in [5, 5.41) is 8.31. The fourth-order valence-corrected chi connectivity index (χ4v) is 1.09. The van der Waals surface area contributed by atoms with Crippen molar-refractivity contribution in [3.8, 4) is 11.9 Å². The molecule has 1 aromatic heterocycles. The number of hydrogen-bond acceptors (Lipinski definition) is 3. The van der Waals surface area contributed by atoms with E-state index in [-0.39, 0.29) is 0 Å². The van der Waals surface area contributed by atoms with Crippen molar-refractivity contribution in [3.63, 3.8) is 0 Å². The third kappa shape index (κ3) is 3.51. The predicted octanol–water partition coefficient (Wildman–Crippen LogP) is 3.12. The van der Waals surface area contributed by atoms with Crippen LogP contribution in [0.25, 0.3) is 0 Å². The van der Waals surface area contributed by atoms with Gasteiger partial charge in [-0.3, -0.25) is 0 Å². The highest BCUT2D eigenvalue weighted by Gasteiger charge is 2.34. The van der Waals surface area contributed by atoms with Crippen LogP contribution >= 0.6 is 0 Å². The zero-order chi connectivity index (χ0) is 13.9. The van der Waals surface area contributed by atoms with E-state index in [1.54, 1.807) is 0 Å². The molecule has 1 rings (SSSR count). The molecule has 0 aliphatic rings. The Balaban J connectivity index is 3.27. The Hall–Kier alpha value is -1.98. The molecule has 0 aromatic carbocycles. The second kappa shape index (κ2) is 5.12. The van der Waals surface area contributed by atoms with Crippen molar-refractivity contribution >= 4 is 0 Å². The normalized spacial score (nSPS) is 11.4. The minimum atomic E-state index is -5.27. The molecule has 0 saturated heterocycles. The minimum absolute atomic E-state index is 0.437. The third-order valence-electron chi connectivity index (χ3n) is 1.72. The number of aromatic nitrogens is 1. The molecule has 0 fully saturated rings. The lowest BCUT2D eigenvalue weighted by molar-refractivity contribution is -0.277. The van der Waals surface area contributed by atoms with Crippen LogP contribution in [0, 0.1) is 17.1 Å². The van der Waals surface area contributed by atoms with E-state index >= 15 is 0 Å². The summed E-state index contributed by atoms with van der Waals surface area (Å²) in [7, 11) is 0. The highest BCUT2D eigenvalue weighted by atomic mass is 19.4. The molecule has 0 atom stereocenters. The molecule has 3 nitrogen and oxygen atoms in total. The van der Waals surface area contributed by atoms with E-state index in [4.69, 9.17) is 5.26 Å². The number of halogens is 6. The van der Waals surface area contributed by atoms with E-state index in [0.29, 0.717) is 6.07 Å². The molecule has 0 saturated carbocycles. The van der Waals surface area contributed by atoms with Crippen LogP contribution in [-0.2, 0) is 6.42 Å². The molecule has 0 amide bonds. The summed E-state index contributed by atoms with van der Waals surface area (Å²) in [5.74, 6) is -3.52. The number of pyridine rings is 1. The first-order chi connectivity index (χ1) is 8.24. The van der Waals surface area contributed by atoms with Crippen LogP contribution in [0.2, 0.25) is 0 Å². The Morgan fingerprint density at radius 2 is 2.00 bits per heavy atom. The van der Waals surface area contributed by atoms with Gasteiger partial charge in [0, 0.05) is 0 Å². The number of alkyl halides is 5. The average Bonchev–Trinajstić information content (AvgIpc) is 2.20. The number of nitrogens with zero attached hydrogens (tertiary/aromatic N) is 2. The number of nitriles is 1. The number of hydrogen-bond donors (Lipinski definition) is 0. The SMILES string of the molecule is N#CCc1cc(C(F)F)c(F)c(OC(F)(F)F)n1. The molecular formula is C9H4F6N2O. The molecule has 98 valence electrons. The number of ether oxygens (including phenoxy) is 1. The maximum atomic E-state index is 13.2. The molecule has 0 aliphatic heterocycles. The molecule has 0 aliphatic carbocycles. The smallest absolute Gasteiger partial charge is 0.385 e. The van der Waals surface area contributed by atoms with Gasteiger partial charge in [-0.1, -0.05) is 0 Å². The van der Waals surface area contributed by atoms with Crippen LogP contribution < -0.4 is 4.74 Å². The highest BCUT2D eigenvalue weighted by molar-refractivity contribution is 5.29. The van der Waals surface area contributed by atoms with Gasteiger partial charge in [0.15, 0.2) is 5.82 Å². The van der Waals surface area contributed by atoms with Crippen molar-refractivity contribution in [2.75, 3.05) is 0 Å². The van der Waals surface area contributed by atoms with Crippen LogP contribution in [0.15, 0.2) is 6.07 Å². The second-order valence-electron chi connectivity index (χ2n) is 3.01. The molecule has 1 aromatic rings. The summed E-state index contributed by atoms with van der Waals surface area (Å²) < 4.78 is 76.8. The average molecular weight is 270 g/mol. The van der Waals surface area contributed by atoms with Crippen molar-refractivity contribution in [3.05, 3.63) is 23.1 Å². The zero-order valence-electron chi connectivity index (χ0n) is 8.43. The van der Waals surface area contributed by atoms with Crippen molar-refractivity contribution in [1.82, 2.24) is 4.98 Å². The van der Waals surface area contributed by atoms with Crippen LogP contribution in [0.1, 0.15) is 17.7 Å². The van der Waals surface area contributed by atoms with Crippen molar-refractivity contribution in [2.45, 2.75) is 19.2 Å². The second-order valence-corrected chi connectivity index (χ2v) is 3.01. The Morgan fingerprint density at radius 3 is 2.44 bits per heavy atom. The van der Waals surface area contributed by atoms with Crippen molar-refractivity contribution in [1.29, 1.82) is 5.26 Å². The summed E-state index contributed by atoms with van der Waals surface area (Å²) in [5.41, 5.74) is -1.73. The van der Waals surface area contributed by atoms with Gasteiger partial charge in [0.25, 0.3) is 12.3 Å². The van der Waals surface area contributed by atoms with E-state index in [1.165, 1.54) is 6.07 Å². The predicted molar refractivity (Wildman–Crippen MR) is 45.2 cm³/mol. The van der Waals surface area contributed by atoms with E-state index in [2.05, 4.69) is 9.72 Å². The first kappa shape index (κ1) is 14.1. The molecular weight excluding hydrogens is 266 g/mol. The molecule has 0 bridgehead atoms. The first-order valence-corrected chi connectivity index (χ1v) is 4.34. The Bertz CT molecular complexity index is 479. The summed E-state index contributed by atoms with van der Waals surface area (Å²) in [6.07, 6.45) is -9.16. The van der Waals surface area contributed by atoms with Gasteiger partial charge >= 0.3 is 6.36 Å². The monoisotopic (exact) mass is 270 g/mol. The zero-order valence-corrected chi connectivity index (χ0v) is 8.43. The lowest BCUT2D eigenvalue weighted by Crippen LogP contribution is -2.20. The van der Waals surface area contributed by atoms with Crippen molar-refractivity contribution in [2.24, 2.45) is 0 Å². The molecule has 0 unspecified atom stereocenters. The maximum Gasteiger partial charge on any atom is 0.574 e. The maximum absolute atomic E-state index is 13.2. The minimum Gasteiger partial charge on any atom is -0.385 e. The molecule has 1 heterocycles. The molecule has 0 spiro atoms. The van der Waals surface area contributed by atoms with Gasteiger partial charge in [0.1, 0.15) is 0 Å². The van der Waals surface area contributed by atoms with E-state index < -0.39 is 42.2 Å². The Labute approximate surface area is 96.6 Å². The standard InChI is InChI=1S/C9H4F6N2O/c10-6-5(7(11)12)3-4(1-2-16)17-8(6)18-9(13,14)15/h3,7H,1H2. The summed E-state index contributed by atoms with van der Waals surface area (Å²) in [6, 6.07) is 2.01. The third-order valence-corrected chi connectivity index (χ3v) is 1.72.